The van der Waals surface area contributed by atoms with Gasteiger partial charge in [0.25, 0.3) is 0 Å². The van der Waals surface area contributed by atoms with E-state index in [0.29, 0.717) is 18.3 Å². The molecule has 1 aliphatic rings. The number of nitrogens with two attached hydrogens (primary N) is 1. The number of piperidine rings is 1. The molecule has 1 saturated heterocycles. The van der Waals surface area contributed by atoms with E-state index in [4.69, 9.17) is 10.9 Å². The van der Waals surface area contributed by atoms with Gasteiger partial charge in [-0.25, -0.2) is 0 Å². The summed E-state index contributed by atoms with van der Waals surface area (Å²) in [4.78, 5) is 4.92. The molecule has 0 spiro atoms. The third kappa shape index (κ3) is 4.91. The van der Waals surface area contributed by atoms with Gasteiger partial charge in [-0.05, 0) is 52.5 Å². The van der Waals surface area contributed by atoms with Crippen LogP contribution < -0.4 is 5.73 Å². The molecule has 3 N–H and O–H groups in total. The van der Waals surface area contributed by atoms with Crippen LogP contribution in [0.5, 0.6) is 0 Å². The Kier molecular flexibility index (Phi) is 6.29. The highest BCUT2D eigenvalue weighted by atomic mass is 16.4. The van der Waals surface area contributed by atoms with Crippen LogP contribution in [0.1, 0.15) is 32.6 Å². The van der Waals surface area contributed by atoms with Gasteiger partial charge in [-0.2, -0.15) is 0 Å². The van der Waals surface area contributed by atoms with Crippen molar-refractivity contribution in [2.24, 2.45) is 10.9 Å². The summed E-state index contributed by atoms with van der Waals surface area (Å²) in [7, 11) is 2.18. The molecule has 0 aliphatic carbocycles. The molecule has 100 valence electrons. The summed E-state index contributed by atoms with van der Waals surface area (Å²) in [6.07, 6.45) is 4.15. The minimum atomic E-state index is 0.333. The molecule has 0 unspecified atom stereocenters. The van der Waals surface area contributed by atoms with Crippen molar-refractivity contribution in [2.75, 3.05) is 33.2 Å². The molecule has 5 heteroatoms. The van der Waals surface area contributed by atoms with Crippen LogP contribution in [0, 0.1) is 0 Å². The summed E-state index contributed by atoms with van der Waals surface area (Å²) in [5.41, 5.74) is 5.45. The van der Waals surface area contributed by atoms with Crippen LogP contribution in [0.4, 0.5) is 0 Å². The highest BCUT2D eigenvalue weighted by Crippen LogP contribution is 2.15. The number of hydrogen-bond donors (Lipinski definition) is 2. The molecule has 0 atom stereocenters. The van der Waals surface area contributed by atoms with Gasteiger partial charge in [0, 0.05) is 12.5 Å². The molecule has 5 nitrogen and oxygen atoms in total. The quantitative estimate of drug-likeness (QED) is 0.315. The van der Waals surface area contributed by atoms with Gasteiger partial charge in [0.1, 0.15) is 5.84 Å². The molecular weight excluding hydrogens is 216 g/mol. The molecule has 1 heterocycles. The van der Waals surface area contributed by atoms with E-state index in [1.807, 2.05) is 0 Å². The van der Waals surface area contributed by atoms with Crippen molar-refractivity contribution in [3.05, 3.63) is 0 Å². The van der Waals surface area contributed by atoms with Gasteiger partial charge in [0.05, 0.1) is 0 Å². The molecule has 0 saturated carbocycles. The van der Waals surface area contributed by atoms with Crippen molar-refractivity contribution in [2.45, 2.75) is 38.6 Å². The molecule has 0 aromatic heterocycles. The molecule has 1 rings (SSSR count). The monoisotopic (exact) mass is 242 g/mol. The topological polar surface area (TPSA) is 65.1 Å². The maximum absolute atomic E-state index is 8.45. The van der Waals surface area contributed by atoms with Gasteiger partial charge in [-0.1, -0.05) is 12.1 Å². The molecular formula is C12H26N4O. The van der Waals surface area contributed by atoms with Crippen LogP contribution in [0.15, 0.2) is 5.16 Å². The van der Waals surface area contributed by atoms with Crippen LogP contribution in [0.2, 0.25) is 0 Å². The lowest BCUT2D eigenvalue weighted by atomic mass is 10.0. The van der Waals surface area contributed by atoms with E-state index in [1.54, 1.807) is 0 Å². The fourth-order valence-corrected chi connectivity index (χ4v) is 2.42. The van der Waals surface area contributed by atoms with Gasteiger partial charge in [0.15, 0.2) is 0 Å². The minimum absolute atomic E-state index is 0.333. The zero-order chi connectivity index (χ0) is 12.7. The van der Waals surface area contributed by atoms with Gasteiger partial charge >= 0.3 is 0 Å². The van der Waals surface area contributed by atoms with E-state index < -0.39 is 0 Å². The second-order valence-electron chi connectivity index (χ2n) is 4.84. The standard InChI is InChI=1S/C12H26N4O/c1-3-16-9-6-11(7-10-16)15(2)8-4-5-12(13)14-17/h11,17H,3-10H2,1-2H3,(H2,13,14). The van der Waals surface area contributed by atoms with Crippen molar-refractivity contribution in [3.63, 3.8) is 0 Å². The second-order valence-corrected chi connectivity index (χ2v) is 4.84. The summed E-state index contributed by atoms with van der Waals surface area (Å²) >= 11 is 0. The highest BCUT2D eigenvalue weighted by molar-refractivity contribution is 5.79. The van der Waals surface area contributed by atoms with E-state index in [0.717, 1.165) is 13.0 Å². The Bertz CT molecular complexity index is 237. The van der Waals surface area contributed by atoms with Crippen molar-refractivity contribution in [3.8, 4) is 0 Å². The first-order chi connectivity index (χ1) is 8.17. The number of amidine groups is 1. The van der Waals surface area contributed by atoms with E-state index >= 15 is 0 Å². The molecule has 1 fully saturated rings. The zero-order valence-corrected chi connectivity index (χ0v) is 11.1. The lowest BCUT2D eigenvalue weighted by molar-refractivity contribution is 0.131. The van der Waals surface area contributed by atoms with Gasteiger partial charge in [-0.15, -0.1) is 0 Å². The van der Waals surface area contributed by atoms with Crippen molar-refractivity contribution >= 4 is 5.84 Å². The van der Waals surface area contributed by atoms with Crippen molar-refractivity contribution < 1.29 is 5.21 Å². The molecule has 1 aliphatic heterocycles. The summed E-state index contributed by atoms with van der Waals surface area (Å²) in [6.45, 7) is 6.84. The molecule has 0 bridgehead atoms. The van der Waals surface area contributed by atoms with Crippen molar-refractivity contribution in [1.82, 2.24) is 9.80 Å². The Morgan fingerprint density at radius 1 is 1.47 bits per heavy atom. The first kappa shape index (κ1) is 14.3. The summed E-state index contributed by atoms with van der Waals surface area (Å²) in [6, 6.07) is 0.699. The van der Waals surface area contributed by atoms with Gasteiger partial charge in [0.2, 0.25) is 0 Å². The van der Waals surface area contributed by atoms with Crippen molar-refractivity contribution in [1.29, 1.82) is 0 Å². The summed E-state index contributed by atoms with van der Waals surface area (Å²) in [5.74, 6) is 0.333. The Morgan fingerprint density at radius 3 is 2.65 bits per heavy atom. The minimum Gasteiger partial charge on any atom is -0.409 e. The second kappa shape index (κ2) is 7.50. The fraction of sp³-hybridized carbons (Fsp3) is 0.917. The summed E-state index contributed by atoms with van der Waals surface area (Å²) < 4.78 is 0. The predicted octanol–water partition coefficient (Wildman–Crippen LogP) is 0.929. The van der Waals surface area contributed by atoms with Crippen LogP contribution in [0.25, 0.3) is 0 Å². The predicted molar refractivity (Wildman–Crippen MR) is 70.4 cm³/mol. The van der Waals surface area contributed by atoms with Crippen LogP contribution >= 0.6 is 0 Å². The van der Waals surface area contributed by atoms with E-state index in [9.17, 15) is 0 Å². The number of rotatable bonds is 6. The summed E-state index contributed by atoms with van der Waals surface area (Å²) in [5, 5.41) is 11.4. The van der Waals surface area contributed by atoms with E-state index in [2.05, 4.69) is 28.9 Å². The SMILES string of the molecule is CCN1CCC(N(C)CCCC(N)=NO)CC1. The third-order valence-corrected chi connectivity index (χ3v) is 3.70. The Hall–Kier alpha value is -0.810. The number of nitrogens with zero attached hydrogens (tertiary/aromatic N) is 3. The molecule has 0 amide bonds. The Morgan fingerprint density at radius 2 is 2.12 bits per heavy atom. The normalized spacial score (nSPS) is 20.1. The molecule has 0 aromatic carbocycles. The maximum Gasteiger partial charge on any atom is 0.139 e. The number of hydrogen-bond acceptors (Lipinski definition) is 4. The first-order valence-corrected chi connectivity index (χ1v) is 6.56. The van der Waals surface area contributed by atoms with Crippen LogP contribution in [-0.4, -0.2) is 60.1 Å². The number of oxime groups is 1. The van der Waals surface area contributed by atoms with E-state index in [1.165, 1.54) is 32.5 Å². The third-order valence-electron chi connectivity index (χ3n) is 3.70. The molecule has 0 aromatic rings. The Labute approximate surface area is 104 Å². The first-order valence-electron chi connectivity index (χ1n) is 6.56. The van der Waals surface area contributed by atoms with Crippen LogP contribution in [-0.2, 0) is 0 Å². The van der Waals surface area contributed by atoms with E-state index in [-0.39, 0.29) is 0 Å². The number of likely N-dealkylation sites (tertiary alicyclic amines) is 1. The lowest BCUT2D eigenvalue weighted by Crippen LogP contribution is -2.43. The average molecular weight is 242 g/mol. The molecule has 0 radical (unpaired) electrons. The van der Waals surface area contributed by atoms with Crippen LogP contribution in [0.3, 0.4) is 0 Å². The molecule has 17 heavy (non-hydrogen) atoms. The largest absolute Gasteiger partial charge is 0.409 e. The highest BCUT2D eigenvalue weighted by Gasteiger charge is 2.20. The zero-order valence-electron chi connectivity index (χ0n) is 11.1. The maximum atomic E-state index is 8.45. The average Bonchev–Trinajstić information content (AvgIpc) is 2.38. The van der Waals surface area contributed by atoms with Gasteiger partial charge < -0.3 is 20.7 Å². The fourth-order valence-electron chi connectivity index (χ4n) is 2.42. The lowest BCUT2D eigenvalue weighted by Gasteiger charge is -2.36. The van der Waals surface area contributed by atoms with Gasteiger partial charge in [-0.3, -0.25) is 0 Å². The Balaban J connectivity index is 2.18. The smallest absolute Gasteiger partial charge is 0.139 e.